The van der Waals surface area contributed by atoms with Crippen LogP contribution in [-0.4, -0.2) is 68.4 Å². The molecule has 4 heterocycles. The molecule has 38 heavy (non-hydrogen) atoms. The molecular weight excluding hydrogens is 512 g/mol. The lowest BCUT2D eigenvalue weighted by Crippen LogP contribution is -2.56. The Hall–Kier alpha value is -3.44. The molecule has 1 atom stereocenters. The molecule has 1 aliphatic heterocycles. The summed E-state index contributed by atoms with van der Waals surface area (Å²) in [6, 6.07) is 2.86. The Balaban J connectivity index is 1.78. The molecule has 1 aliphatic rings. The number of carbonyl (C=O) groups excluding carboxylic acids is 1. The van der Waals surface area contributed by atoms with Crippen molar-refractivity contribution in [3.05, 3.63) is 55.6 Å². The van der Waals surface area contributed by atoms with Crippen molar-refractivity contribution in [1.29, 1.82) is 0 Å². The molecule has 0 radical (unpaired) electrons. The molecule has 4 rings (SSSR count). The number of rotatable bonds is 5. The second-order valence-corrected chi connectivity index (χ2v) is 11.0. The summed E-state index contributed by atoms with van der Waals surface area (Å²) >= 11 is 6.37. The van der Waals surface area contributed by atoms with E-state index in [1.54, 1.807) is 17.2 Å². The van der Waals surface area contributed by atoms with Gasteiger partial charge in [-0.25, -0.2) is 19.1 Å². The molecule has 0 aliphatic carbocycles. The van der Waals surface area contributed by atoms with Gasteiger partial charge in [0.1, 0.15) is 28.5 Å². The minimum atomic E-state index is -0.659. The standard InChI is InChI=1S/C26H33ClN6O5/c1-14(2)20-21(15(3)7-8-29-20)33-22-19(23(34)31-24(33)35)17(11-18(27)30-22)37-13-16-12-28-9-10-32(16)25(36)38-26(4,5)6/h7-8,11,14,16,28H,9-10,12-13H2,1-6H3,(H,31,34,35). The number of halogens is 1. The number of aryl methyl sites for hydroxylation is 1. The second kappa shape index (κ2) is 10.7. The zero-order valence-corrected chi connectivity index (χ0v) is 23.2. The van der Waals surface area contributed by atoms with Crippen LogP contribution in [0.5, 0.6) is 5.75 Å². The predicted octanol–water partition coefficient (Wildman–Crippen LogP) is 3.14. The molecule has 0 spiro atoms. The van der Waals surface area contributed by atoms with Gasteiger partial charge in [-0.05, 0) is 45.2 Å². The summed E-state index contributed by atoms with van der Waals surface area (Å²) < 4.78 is 13.0. The molecule has 1 unspecified atom stereocenters. The molecule has 1 fully saturated rings. The van der Waals surface area contributed by atoms with Crippen LogP contribution >= 0.6 is 11.6 Å². The van der Waals surface area contributed by atoms with Crippen LogP contribution in [0.3, 0.4) is 0 Å². The number of nitrogens with one attached hydrogen (secondary N) is 2. The maximum absolute atomic E-state index is 13.1. The smallest absolute Gasteiger partial charge is 0.410 e. The number of nitrogens with zero attached hydrogens (tertiary/aromatic N) is 4. The molecule has 12 heteroatoms. The van der Waals surface area contributed by atoms with E-state index in [1.165, 1.54) is 10.6 Å². The lowest BCUT2D eigenvalue weighted by atomic mass is 10.0. The lowest BCUT2D eigenvalue weighted by molar-refractivity contribution is 0.00638. The molecule has 1 saturated heterocycles. The Morgan fingerprint density at radius 2 is 2.03 bits per heavy atom. The Bertz CT molecular complexity index is 1480. The number of amides is 1. The Kier molecular flexibility index (Phi) is 7.80. The van der Waals surface area contributed by atoms with Crippen LogP contribution in [0.2, 0.25) is 5.15 Å². The summed E-state index contributed by atoms with van der Waals surface area (Å²) in [5, 5.41) is 3.37. The monoisotopic (exact) mass is 544 g/mol. The first-order chi connectivity index (χ1) is 17.9. The number of fused-ring (bicyclic) bond motifs is 1. The zero-order chi connectivity index (χ0) is 27.8. The van der Waals surface area contributed by atoms with Gasteiger partial charge in [0.15, 0.2) is 5.65 Å². The summed E-state index contributed by atoms with van der Waals surface area (Å²) in [6.07, 6.45) is 1.24. The van der Waals surface area contributed by atoms with Gasteiger partial charge >= 0.3 is 11.8 Å². The third-order valence-corrected chi connectivity index (χ3v) is 6.32. The number of ether oxygens (including phenoxy) is 2. The zero-order valence-electron chi connectivity index (χ0n) is 22.4. The average molecular weight is 545 g/mol. The molecule has 204 valence electrons. The minimum absolute atomic E-state index is 0.00804. The topological polar surface area (TPSA) is 131 Å². The fourth-order valence-electron chi connectivity index (χ4n) is 4.43. The van der Waals surface area contributed by atoms with Crippen LogP contribution in [0.4, 0.5) is 4.79 Å². The second-order valence-electron chi connectivity index (χ2n) is 10.6. The molecule has 3 aromatic heterocycles. The van der Waals surface area contributed by atoms with E-state index in [9.17, 15) is 14.4 Å². The van der Waals surface area contributed by atoms with E-state index in [4.69, 9.17) is 21.1 Å². The van der Waals surface area contributed by atoms with Crippen LogP contribution in [0.25, 0.3) is 16.7 Å². The SMILES string of the molecule is Cc1ccnc(C(C)C)c1-n1c(=O)[nH]c(=O)c2c(OCC3CNCCN3C(=O)OC(C)(C)C)cc(Cl)nc21. The van der Waals surface area contributed by atoms with E-state index in [2.05, 4.69) is 20.3 Å². The third kappa shape index (κ3) is 5.68. The van der Waals surface area contributed by atoms with Crippen molar-refractivity contribution < 1.29 is 14.3 Å². The van der Waals surface area contributed by atoms with Crippen molar-refractivity contribution in [2.75, 3.05) is 26.2 Å². The van der Waals surface area contributed by atoms with Crippen LogP contribution < -0.4 is 21.3 Å². The van der Waals surface area contributed by atoms with Crippen molar-refractivity contribution in [3.8, 4) is 11.4 Å². The average Bonchev–Trinajstić information content (AvgIpc) is 2.82. The maximum atomic E-state index is 13.1. The Morgan fingerprint density at radius 3 is 2.71 bits per heavy atom. The minimum Gasteiger partial charge on any atom is -0.490 e. The lowest BCUT2D eigenvalue weighted by Gasteiger charge is -2.36. The van der Waals surface area contributed by atoms with Crippen molar-refractivity contribution in [2.24, 2.45) is 0 Å². The number of pyridine rings is 2. The first-order valence-electron chi connectivity index (χ1n) is 12.5. The fraction of sp³-hybridized carbons (Fsp3) is 0.500. The summed E-state index contributed by atoms with van der Waals surface area (Å²) in [6.45, 7) is 12.8. The number of piperazine rings is 1. The van der Waals surface area contributed by atoms with Gasteiger partial charge in [-0.15, -0.1) is 0 Å². The van der Waals surface area contributed by atoms with Crippen LogP contribution in [0.1, 0.15) is 51.8 Å². The van der Waals surface area contributed by atoms with Crippen molar-refractivity contribution in [2.45, 2.75) is 59.1 Å². The molecule has 2 N–H and O–H groups in total. The van der Waals surface area contributed by atoms with Gasteiger partial charge in [0.25, 0.3) is 5.56 Å². The highest BCUT2D eigenvalue weighted by Crippen LogP contribution is 2.29. The fourth-order valence-corrected chi connectivity index (χ4v) is 4.61. The third-order valence-electron chi connectivity index (χ3n) is 6.13. The summed E-state index contributed by atoms with van der Waals surface area (Å²) in [7, 11) is 0. The Morgan fingerprint density at radius 1 is 1.29 bits per heavy atom. The summed E-state index contributed by atoms with van der Waals surface area (Å²) in [5.74, 6) is 0.142. The van der Waals surface area contributed by atoms with Gasteiger partial charge in [0, 0.05) is 31.9 Å². The normalized spacial score (nSPS) is 16.2. The van der Waals surface area contributed by atoms with E-state index in [0.29, 0.717) is 31.0 Å². The quantitative estimate of drug-likeness (QED) is 0.468. The van der Waals surface area contributed by atoms with Gasteiger partial charge in [0.05, 0.1) is 17.4 Å². The van der Waals surface area contributed by atoms with Crippen molar-refractivity contribution in [3.63, 3.8) is 0 Å². The van der Waals surface area contributed by atoms with E-state index in [0.717, 1.165) is 5.56 Å². The van der Waals surface area contributed by atoms with E-state index in [-0.39, 0.29) is 40.5 Å². The Labute approximate surface area is 225 Å². The number of hydrogen-bond acceptors (Lipinski definition) is 8. The van der Waals surface area contributed by atoms with E-state index >= 15 is 0 Å². The highest BCUT2D eigenvalue weighted by Gasteiger charge is 2.31. The number of carbonyl (C=O) groups is 1. The van der Waals surface area contributed by atoms with Crippen LogP contribution in [-0.2, 0) is 4.74 Å². The summed E-state index contributed by atoms with van der Waals surface area (Å²) in [5.41, 5.74) is 0.0913. The highest BCUT2D eigenvalue weighted by molar-refractivity contribution is 6.30. The molecule has 3 aromatic rings. The molecule has 1 amide bonds. The number of H-pyrrole nitrogens is 1. The number of aromatic nitrogens is 4. The van der Waals surface area contributed by atoms with E-state index < -0.39 is 22.9 Å². The van der Waals surface area contributed by atoms with E-state index in [1.807, 2.05) is 41.5 Å². The maximum Gasteiger partial charge on any atom is 0.410 e. The highest BCUT2D eigenvalue weighted by atomic mass is 35.5. The number of hydrogen-bond donors (Lipinski definition) is 2. The first-order valence-corrected chi connectivity index (χ1v) is 12.9. The predicted molar refractivity (Wildman–Crippen MR) is 145 cm³/mol. The molecular formula is C26H33ClN6O5. The van der Waals surface area contributed by atoms with Gasteiger partial charge in [-0.2, -0.15) is 0 Å². The van der Waals surface area contributed by atoms with Gasteiger partial charge in [-0.3, -0.25) is 19.7 Å². The first kappa shape index (κ1) is 27.6. The van der Waals surface area contributed by atoms with Crippen LogP contribution in [0.15, 0.2) is 27.9 Å². The molecule has 0 aromatic carbocycles. The van der Waals surface area contributed by atoms with Gasteiger partial charge in [-0.1, -0.05) is 25.4 Å². The van der Waals surface area contributed by atoms with Crippen LogP contribution in [0, 0.1) is 6.92 Å². The van der Waals surface area contributed by atoms with Crippen molar-refractivity contribution >= 4 is 28.7 Å². The molecule has 0 saturated carbocycles. The molecule has 11 nitrogen and oxygen atoms in total. The van der Waals surface area contributed by atoms with Gasteiger partial charge < -0.3 is 14.8 Å². The molecule has 0 bridgehead atoms. The number of aromatic amines is 1. The summed E-state index contributed by atoms with van der Waals surface area (Å²) in [4.78, 5) is 51.8. The van der Waals surface area contributed by atoms with Crippen molar-refractivity contribution in [1.82, 2.24) is 29.7 Å². The van der Waals surface area contributed by atoms with Gasteiger partial charge in [0.2, 0.25) is 0 Å². The largest absolute Gasteiger partial charge is 0.490 e.